The van der Waals surface area contributed by atoms with Gasteiger partial charge in [0.1, 0.15) is 22.3 Å². The van der Waals surface area contributed by atoms with Gasteiger partial charge in [-0.05, 0) is 30.5 Å². The maximum Gasteiger partial charge on any atom is 0.226 e. The minimum atomic E-state index is -0.639. The topological polar surface area (TPSA) is 49.8 Å². The van der Waals surface area contributed by atoms with E-state index < -0.39 is 11.6 Å². The number of anilines is 3. The second-order valence-electron chi connectivity index (χ2n) is 4.35. The molecule has 0 aliphatic rings. The van der Waals surface area contributed by atoms with Crippen LogP contribution in [0.2, 0.25) is 0 Å². The standard InChI is InChI=1S/C14H12F2N4S/c1-2-17-14-19-12(11-3-4-21-13(11)20-14)18-10-6-8(15)5-9(16)7-10/h3-7H,2H2,1H3,(H2,17,18,19,20). The minimum absolute atomic E-state index is 0.307. The van der Waals surface area contributed by atoms with Crippen molar-refractivity contribution in [3.8, 4) is 0 Å². The van der Waals surface area contributed by atoms with Gasteiger partial charge in [0.15, 0.2) is 0 Å². The molecule has 2 aromatic heterocycles. The highest BCUT2D eigenvalue weighted by Crippen LogP contribution is 2.29. The monoisotopic (exact) mass is 306 g/mol. The van der Waals surface area contributed by atoms with Crippen LogP contribution in [0.4, 0.5) is 26.2 Å². The zero-order valence-electron chi connectivity index (χ0n) is 11.2. The van der Waals surface area contributed by atoms with E-state index in [1.165, 1.54) is 23.5 Å². The fourth-order valence-corrected chi connectivity index (χ4v) is 2.71. The average molecular weight is 306 g/mol. The van der Waals surface area contributed by atoms with Crippen molar-refractivity contribution in [2.75, 3.05) is 17.2 Å². The van der Waals surface area contributed by atoms with Crippen LogP contribution in [0.15, 0.2) is 29.6 Å². The Kier molecular flexibility index (Phi) is 3.66. The minimum Gasteiger partial charge on any atom is -0.354 e. The van der Waals surface area contributed by atoms with Crippen molar-refractivity contribution in [1.82, 2.24) is 9.97 Å². The van der Waals surface area contributed by atoms with E-state index in [0.29, 0.717) is 24.0 Å². The van der Waals surface area contributed by atoms with E-state index in [4.69, 9.17) is 0 Å². The summed E-state index contributed by atoms with van der Waals surface area (Å²) in [7, 11) is 0. The number of thiophene rings is 1. The SMILES string of the molecule is CCNc1nc(Nc2cc(F)cc(F)c2)c2ccsc2n1. The molecule has 0 saturated carbocycles. The number of hydrogen-bond acceptors (Lipinski definition) is 5. The Balaban J connectivity index is 2.04. The van der Waals surface area contributed by atoms with Crippen molar-refractivity contribution >= 4 is 39.0 Å². The largest absolute Gasteiger partial charge is 0.354 e. The molecule has 0 atom stereocenters. The average Bonchev–Trinajstić information content (AvgIpc) is 2.86. The van der Waals surface area contributed by atoms with Crippen LogP contribution >= 0.6 is 11.3 Å². The smallest absolute Gasteiger partial charge is 0.226 e. The molecule has 3 aromatic rings. The number of aromatic nitrogens is 2. The summed E-state index contributed by atoms with van der Waals surface area (Å²) in [5, 5.41) is 8.69. The Morgan fingerprint density at radius 1 is 1.14 bits per heavy atom. The molecule has 0 amide bonds. The second-order valence-corrected chi connectivity index (χ2v) is 5.24. The fraction of sp³-hybridized carbons (Fsp3) is 0.143. The van der Waals surface area contributed by atoms with Crippen LogP contribution in [-0.2, 0) is 0 Å². The molecule has 0 bridgehead atoms. The third-order valence-electron chi connectivity index (χ3n) is 2.79. The Morgan fingerprint density at radius 2 is 1.90 bits per heavy atom. The van der Waals surface area contributed by atoms with Gasteiger partial charge in [-0.3, -0.25) is 0 Å². The van der Waals surface area contributed by atoms with Gasteiger partial charge in [-0.25, -0.2) is 13.8 Å². The first-order chi connectivity index (χ1) is 10.2. The van der Waals surface area contributed by atoms with Crippen molar-refractivity contribution in [1.29, 1.82) is 0 Å². The van der Waals surface area contributed by atoms with Crippen LogP contribution in [0, 0.1) is 11.6 Å². The molecule has 0 fully saturated rings. The summed E-state index contributed by atoms with van der Waals surface area (Å²) < 4.78 is 26.5. The van der Waals surface area contributed by atoms with Gasteiger partial charge in [0.2, 0.25) is 5.95 Å². The summed E-state index contributed by atoms with van der Waals surface area (Å²) in [5.41, 5.74) is 0.307. The van der Waals surface area contributed by atoms with Crippen molar-refractivity contribution in [2.24, 2.45) is 0 Å². The molecule has 3 rings (SSSR count). The van der Waals surface area contributed by atoms with Crippen LogP contribution in [0.3, 0.4) is 0 Å². The highest BCUT2D eigenvalue weighted by molar-refractivity contribution is 7.16. The first-order valence-electron chi connectivity index (χ1n) is 6.38. The third kappa shape index (κ3) is 2.92. The number of fused-ring (bicyclic) bond motifs is 1. The molecule has 0 aliphatic heterocycles. The van der Waals surface area contributed by atoms with Crippen LogP contribution < -0.4 is 10.6 Å². The summed E-state index contributed by atoms with van der Waals surface area (Å²) in [6, 6.07) is 5.13. The van der Waals surface area contributed by atoms with E-state index in [0.717, 1.165) is 16.3 Å². The zero-order chi connectivity index (χ0) is 14.8. The Labute approximate surface area is 123 Å². The molecule has 0 aliphatic carbocycles. The highest BCUT2D eigenvalue weighted by atomic mass is 32.1. The quantitative estimate of drug-likeness (QED) is 0.760. The molecule has 4 nitrogen and oxygen atoms in total. The van der Waals surface area contributed by atoms with Gasteiger partial charge in [-0.15, -0.1) is 11.3 Å². The van der Waals surface area contributed by atoms with Gasteiger partial charge in [-0.1, -0.05) is 0 Å². The fourth-order valence-electron chi connectivity index (χ4n) is 1.95. The molecular formula is C14H12F2N4S. The van der Waals surface area contributed by atoms with Gasteiger partial charge in [-0.2, -0.15) is 4.98 Å². The van der Waals surface area contributed by atoms with Crippen molar-refractivity contribution in [3.63, 3.8) is 0 Å². The van der Waals surface area contributed by atoms with Gasteiger partial charge in [0.05, 0.1) is 5.39 Å². The number of halogens is 2. The molecule has 108 valence electrons. The summed E-state index contributed by atoms with van der Waals surface area (Å²) in [4.78, 5) is 9.52. The van der Waals surface area contributed by atoms with Crippen molar-refractivity contribution in [3.05, 3.63) is 41.3 Å². The molecule has 0 radical (unpaired) electrons. The highest BCUT2D eigenvalue weighted by Gasteiger charge is 2.10. The van der Waals surface area contributed by atoms with Crippen LogP contribution in [0.5, 0.6) is 0 Å². The first-order valence-corrected chi connectivity index (χ1v) is 7.26. The lowest BCUT2D eigenvalue weighted by Gasteiger charge is -2.09. The molecule has 0 spiro atoms. The van der Waals surface area contributed by atoms with E-state index in [1.54, 1.807) is 0 Å². The molecule has 2 heterocycles. The van der Waals surface area contributed by atoms with Crippen molar-refractivity contribution < 1.29 is 8.78 Å². The normalized spacial score (nSPS) is 10.8. The molecular weight excluding hydrogens is 294 g/mol. The lowest BCUT2D eigenvalue weighted by Crippen LogP contribution is -2.04. The first kappa shape index (κ1) is 13.7. The van der Waals surface area contributed by atoms with Gasteiger partial charge >= 0.3 is 0 Å². The molecule has 2 N–H and O–H groups in total. The number of hydrogen-bond donors (Lipinski definition) is 2. The van der Waals surface area contributed by atoms with Crippen LogP contribution in [0.25, 0.3) is 10.2 Å². The summed E-state index contributed by atoms with van der Waals surface area (Å²) in [6.07, 6.45) is 0. The Morgan fingerprint density at radius 3 is 2.62 bits per heavy atom. The zero-order valence-corrected chi connectivity index (χ0v) is 12.0. The maximum absolute atomic E-state index is 13.3. The lowest BCUT2D eigenvalue weighted by atomic mass is 10.3. The summed E-state index contributed by atoms with van der Waals surface area (Å²) in [6.45, 7) is 2.63. The predicted molar refractivity (Wildman–Crippen MR) is 81.2 cm³/mol. The molecule has 0 unspecified atom stereocenters. The van der Waals surface area contributed by atoms with Gasteiger partial charge in [0, 0.05) is 18.3 Å². The van der Waals surface area contributed by atoms with Crippen LogP contribution in [-0.4, -0.2) is 16.5 Å². The van der Waals surface area contributed by atoms with E-state index in [9.17, 15) is 8.78 Å². The lowest BCUT2D eigenvalue weighted by molar-refractivity contribution is 0.584. The summed E-state index contributed by atoms with van der Waals surface area (Å²) in [5.74, 6) is -0.283. The Bertz CT molecular complexity index is 767. The van der Waals surface area contributed by atoms with Crippen LogP contribution in [0.1, 0.15) is 6.92 Å². The predicted octanol–water partition coefficient (Wildman–Crippen LogP) is 4.14. The van der Waals surface area contributed by atoms with E-state index in [1.807, 2.05) is 18.4 Å². The van der Waals surface area contributed by atoms with Gasteiger partial charge < -0.3 is 10.6 Å². The number of nitrogens with one attached hydrogen (secondary N) is 2. The molecule has 21 heavy (non-hydrogen) atoms. The van der Waals surface area contributed by atoms with Crippen molar-refractivity contribution in [2.45, 2.75) is 6.92 Å². The molecule has 7 heteroatoms. The van der Waals surface area contributed by atoms with E-state index in [-0.39, 0.29) is 0 Å². The number of rotatable bonds is 4. The molecule has 1 aromatic carbocycles. The number of nitrogens with zero attached hydrogens (tertiary/aromatic N) is 2. The third-order valence-corrected chi connectivity index (χ3v) is 3.59. The molecule has 0 saturated heterocycles. The second kappa shape index (κ2) is 5.61. The number of benzene rings is 1. The Hall–Kier alpha value is -2.28. The maximum atomic E-state index is 13.3. The van der Waals surface area contributed by atoms with Gasteiger partial charge in [0.25, 0.3) is 0 Å². The van der Waals surface area contributed by atoms with E-state index in [2.05, 4.69) is 20.6 Å². The summed E-state index contributed by atoms with van der Waals surface area (Å²) >= 11 is 1.48. The van der Waals surface area contributed by atoms with E-state index >= 15 is 0 Å².